The fourth-order valence-electron chi connectivity index (χ4n) is 5.17. The van der Waals surface area contributed by atoms with Gasteiger partial charge in [-0.25, -0.2) is 4.39 Å². The Morgan fingerprint density at radius 2 is 1.60 bits per heavy atom. The van der Waals surface area contributed by atoms with Crippen molar-refractivity contribution in [3.05, 3.63) is 93.4 Å². The van der Waals surface area contributed by atoms with E-state index >= 15 is 0 Å². The van der Waals surface area contributed by atoms with Gasteiger partial charge >= 0.3 is 0 Å². The SMILES string of the molecule is CCCCCCc1ccc(C(=O)N(CCN2CCCC2)CC(=O)N(Cc2ccc(F)cc2)Cc2cccs2)cc1. The zero-order chi connectivity index (χ0) is 28.2. The van der Waals surface area contributed by atoms with Crippen LogP contribution in [0.2, 0.25) is 0 Å². The maximum atomic E-state index is 13.8. The summed E-state index contributed by atoms with van der Waals surface area (Å²) < 4.78 is 13.5. The Morgan fingerprint density at radius 3 is 2.27 bits per heavy atom. The van der Waals surface area contributed by atoms with E-state index in [0.717, 1.165) is 42.9 Å². The van der Waals surface area contributed by atoms with Crippen LogP contribution in [-0.4, -0.2) is 59.2 Å². The van der Waals surface area contributed by atoms with E-state index in [1.807, 2.05) is 29.6 Å². The molecule has 3 aromatic rings. The molecule has 1 saturated heterocycles. The third kappa shape index (κ3) is 9.27. The molecule has 0 unspecified atom stereocenters. The van der Waals surface area contributed by atoms with Gasteiger partial charge in [0.05, 0.1) is 6.54 Å². The van der Waals surface area contributed by atoms with E-state index in [0.29, 0.717) is 25.2 Å². The maximum Gasteiger partial charge on any atom is 0.254 e. The summed E-state index contributed by atoms with van der Waals surface area (Å²) in [5.41, 5.74) is 2.72. The van der Waals surface area contributed by atoms with E-state index in [1.165, 1.54) is 49.8 Å². The van der Waals surface area contributed by atoms with E-state index in [1.54, 1.807) is 33.3 Å². The van der Waals surface area contributed by atoms with Crippen LogP contribution < -0.4 is 0 Å². The van der Waals surface area contributed by atoms with Crippen molar-refractivity contribution in [2.75, 3.05) is 32.7 Å². The molecule has 214 valence electrons. The number of likely N-dealkylation sites (tertiary alicyclic amines) is 1. The van der Waals surface area contributed by atoms with Gasteiger partial charge in [-0.3, -0.25) is 9.59 Å². The first kappa shape index (κ1) is 29.9. The number of hydrogen-bond donors (Lipinski definition) is 0. The average molecular weight is 564 g/mol. The predicted octanol–water partition coefficient (Wildman–Crippen LogP) is 6.78. The molecule has 5 nitrogen and oxygen atoms in total. The minimum Gasteiger partial charge on any atom is -0.332 e. The molecular formula is C33H42FN3O2S. The summed E-state index contributed by atoms with van der Waals surface area (Å²) in [7, 11) is 0. The van der Waals surface area contributed by atoms with Gasteiger partial charge in [0, 0.05) is 30.1 Å². The van der Waals surface area contributed by atoms with Crippen LogP contribution in [0.4, 0.5) is 4.39 Å². The van der Waals surface area contributed by atoms with Gasteiger partial charge in [-0.2, -0.15) is 0 Å². The second-order valence-corrected chi connectivity index (χ2v) is 11.8. The van der Waals surface area contributed by atoms with Crippen molar-refractivity contribution < 1.29 is 14.0 Å². The number of carbonyl (C=O) groups excluding carboxylic acids is 2. The fourth-order valence-corrected chi connectivity index (χ4v) is 5.89. The molecule has 0 saturated carbocycles. The summed E-state index contributed by atoms with van der Waals surface area (Å²) in [6.07, 6.45) is 8.23. The molecule has 2 amide bonds. The molecule has 0 bridgehead atoms. The number of carbonyl (C=O) groups is 2. The highest BCUT2D eigenvalue weighted by Crippen LogP contribution is 2.17. The third-order valence-corrected chi connectivity index (χ3v) is 8.45. The van der Waals surface area contributed by atoms with Crippen molar-refractivity contribution in [3.8, 4) is 0 Å². The monoisotopic (exact) mass is 563 g/mol. The summed E-state index contributed by atoms with van der Waals surface area (Å²) in [6.45, 7) is 6.38. The lowest BCUT2D eigenvalue weighted by Crippen LogP contribution is -2.45. The fraction of sp³-hybridized carbons (Fsp3) is 0.455. The minimum absolute atomic E-state index is 0.0119. The van der Waals surface area contributed by atoms with Gasteiger partial charge in [0.15, 0.2) is 0 Å². The van der Waals surface area contributed by atoms with Crippen molar-refractivity contribution in [1.29, 1.82) is 0 Å². The molecule has 0 aliphatic carbocycles. The summed E-state index contributed by atoms with van der Waals surface area (Å²) >= 11 is 1.60. The van der Waals surface area contributed by atoms with Gasteiger partial charge in [-0.15, -0.1) is 11.3 Å². The van der Waals surface area contributed by atoms with Crippen LogP contribution in [-0.2, 0) is 24.3 Å². The third-order valence-electron chi connectivity index (χ3n) is 7.58. The summed E-state index contributed by atoms with van der Waals surface area (Å²) in [5.74, 6) is -0.520. The molecule has 7 heteroatoms. The number of unbranched alkanes of at least 4 members (excludes halogenated alkanes) is 3. The highest BCUT2D eigenvalue weighted by molar-refractivity contribution is 7.09. The standard InChI is InChI=1S/C33H42FN3O2S/c1-2-3-4-5-9-27-11-15-29(16-12-27)33(39)36(22-21-35-19-6-7-20-35)26-32(38)37(25-31-10-8-23-40-31)24-28-13-17-30(34)18-14-28/h8,10-18,23H,2-7,9,19-22,24-26H2,1H3. The predicted molar refractivity (Wildman–Crippen MR) is 161 cm³/mol. The van der Waals surface area contributed by atoms with Crippen LogP contribution in [0.5, 0.6) is 0 Å². The van der Waals surface area contributed by atoms with Gasteiger partial charge in [0.2, 0.25) is 5.91 Å². The smallest absolute Gasteiger partial charge is 0.254 e. The first-order valence-electron chi connectivity index (χ1n) is 14.7. The summed E-state index contributed by atoms with van der Waals surface area (Å²) in [4.78, 5) is 34.4. The van der Waals surface area contributed by atoms with Gasteiger partial charge in [-0.05, 0) is 85.6 Å². The van der Waals surface area contributed by atoms with Crippen LogP contribution in [0.15, 0.2) is 66.0 Å². The Kier molecular flexibility index (Phi) is 11.7. The molecule has 2 heterocycles. The molecule has 4 rings (SSSR count). The summed E-state index contributed by atoms with van der Waals surface area (Å²) in [5, 5.41) is 2.00. The first-order valence-corrected chi connectivity index (χ1v) is 15.5. The number of nitrogens with zero attached hydrogens (tertiary/aromatic N) is 3. The van der Waals surface area contributed by atoms with E-state index < -0.39 is 0 Å². The van der Waals surface area contributed by atoms with Gasteiger partial charge in [-0.1, -0.05) is 56.5 Å². The van der Waals surface area contributed by atoms with Crippen LogP contribution in [0.1, 0.15) is 71.8 Å². The van der Waals surface area contributed by atoms with E-state index in [4.69, 9.17) is 0 Å². The molecule has 0 radical (unpaired) electrons. The van der Waals surface area contributed by atoms with Crippen molar-refractivity contribution in [3.63, 3.8) is 0 Å². The number of rotatable bonds is 15. The lowest BCUT2D eigenvalue weighted by atomic mass is 10.0. The first-order chi connectivity index (χ1) is 19.5. The van der Waals surface area contributed by atoms with E-state index in [2.05, 4.69) is 24.0 Å². The molecule has 0 spiro atoms. The number of hydrogen-bond acceptors (Lipinski definition) is 4. The van der Waals surface area contributed by atoms with Crippen LogP contribution in [0.25, 0.3) is 0 Å². The zero-order valence-electron chi connectivity index (χ0n) is 23.7. The number of benzene rings is 2. The second kappa shape index (κ2) is 15.7. The normalized spacial score (nSPS) is 13.4. The number of thiophene rings is 1. The van der Waals surface area contributed by atoms with E-state index in [9.17, 15) is 14.0 Å². The molecule has 1 aromatic heterocycles. The Labute approximate surface area is 242 Å². The molecule has 40 heavy (non-hydrogen) atoms. The number of aryl methyl sites for hydroxylation is 1. The largest absolute Gasteiger partial charge is 0.332 e. The molecule has 1 aliphatic heterocycles. The lowest BCUT2D eigenvalue weighted by Gasteiger charge is -2.29. The number of amides is 2. The molecule has 1 fully saturated rings. The van der Waals surface area contributed by atoms with Gasteiger partial charge in [0.1, 0.15) is 12.4 Å². The van der Waals surface area contributed by atoms with Crippen molar-refractivity contribution in [2.45, 2.75) is 65.0 Å². The Bertz CT molecular complexity index is 1180. The average Bonchev–Trinajstić information content (AvgIpc) is 3.69. The van der Waals surface area contributed by atoms with Crippen LogP contribution >= 0.6 is 11.3 Å². The highest BCUT2D eigenvalue weighted by Gasteiger charge is 2.24. The molecule has 0 atom stereocenters. The van der Waals surface area contributed by atoms with Crippen molar-refractivity contribution in [2.24, 2.45) is 0 Å². The highest BCUT2D eigenvalue weighted by atomic mass is 32.1. The molecule has 2 aromatic carbocycles. The van der Waals surface area contributed by atoms with Crippen molar-refractivity contribution in [1.82, 2.24) is 14.7 Å². The van der Waals surface area contributed by atoms with Crippen LogP contribution in [0, 0.1) is 5.82 Å². The van der Waals surface area contributed by atoms with Gasteiger partial charge < -0.3 is 14.7 Å². The van der Waals surface area contributed by atoms with Crippen molar-refractivity contribution >= 4 is 23.2 Å². The van der Waals surface area contributed by atoms with Crippen LogP contribution in [0.3, 0.4) is 0 Å². The minimum atomic E-state index is -0.300. The Hall–Kier alpha value is -3.03. The number of halogens is 1. The maximum absolute atomic E-state index is 13.8. The lowest BCUT2D eigenvalue weighted by molar-refractivity contribution is -0.133. The quantitative estimate of drug-likeness (QED) is 0.192. The van der Waals surface area contributed by atoms with E-state index in [-0.39, 0.29) is 24.2 Å². The molecular weight excluding hydrogens is 521 g/mol. The molecule has 0 N–H and O–H groups in total. The zero-order valence-corrected chi connectivity index (χ0v) is 24.5. The van der Waals surface area contributed by atoms with Gasteiger partial charge in [0.25, 0.3) is 5.91 Å². The topological polar surface area (TPSA) is 43.9 Å². The summed E-state index contributed by atoms with van der Waals surface area (Å²) in [6, 6.07) is 18.2. The Morgan fingerprint density at radius 1 is 0.875 bits per heavy atom. The molecule has 1 aliphatic rings. The Balaban J connectivity index is 1.47. The second-order valence-electron chi connectivity index (χ2n) is 10.7.